The number of nitrogens with two attached hydrogens (primary N) is 1. The Balaban J connectivity index is 2.10. The number of halogens is 1. The molecule has 0 aliphatic carbocycles. The normalized spacial score (nSPS) is 10.1. The van der Waals surface area contributed by atoms with Crippen LogP contribution in [0, 0.1) is 10.1 Å². The number of benzene rings is 2. The van der Waals surface area contributed by atoms with E-state index in [2.05, 4.69) is 5.32 Å². The van der Waals surface area contributed by atoms with Gasteiger partial charge in [0.25, 0.3) is 5.69 Å². The molecule has 1 amide bonds. The number of amides is 1. The highest BCUT2D eigenvalue weighted by molar-refractivity contribution is 6.33. The lowest BCUT2D eigenvalue weighted by molar-refractivity contribution is -0.384. The second kappa shape index (κ2) is 6.23. The van der Waals surface area contributed by atoms with E-state index in [4.69, 9.17) is 17.3 Å². The van der Waals surface area contributed by atoms with Crippen molar-refractivity contribution in [3.05, 3.63) is 68.7 Å². The minimum Gasteiger partial charge on any atom is -0.380 e. The van der Waals surface area contributed by atoms with Gasteiger partial charge in [0.05, 0.1) is 15.6 Å². The number of carbonyl (C=O) groups excluding carboxylic acids is 1. The third kappa shape index (κ3) is 3.70. The Morgan fingerprint density at radius 1 is 1.24 bits per heavy atom. The maximum absolute atomic E-state index is 11.1. The van der Waals surface area contributed by atoms with Gasteiger partial charge in [-0.05, 0) is 23.8 Å². The average Bonchev–Trinajstić information content (AvgIpc) is 2.46. The van der Waals surface area contributed by atoms with Crippen molar-refractivity contribution in [2.45, 2.75) is 6.54 Å². The Bertz CT molecular complexity index is 686. The van der Waals surface area contributed by atoms with Crippen LogP contribution in [0.15, 0.2) is 42.5 Å². The number of hydrogen-bond donors (Lipinski definition) is 2. The van der Waals surface area contributed by atoms with Gasteiger partial charge >= 0.3 is 0 Å². The van der Waals surface area contributed by atoms with Crippen LogP contribution in [0.5, 0.6) is 0 Å². The number of primary amides is 1. The van der Waals surface area contributed by atoms with Crippen LogP contribution in [0.25, 0.3) is 0 Å². The molecule has 0 heterocycles. The number of nitrogens with one attached hydrogen (secondary N) is 1. The Labute approximate surface area is 125 Å². The zero-order chi connectivity index (χ0) is 15.4. The first-order chi connectivity index (χ1) is 9.97. The van der Waals surface area contributed by atoms with Gasteiger partial charge < -0.3 is 11.1 Å². The molecule has 0 aromatic heterocycles. The topological polar surface area (TPSA) is 98.3 Å². The third-order valence-corrected chi connectivity index (χ3v) is 3.21. The first-order valence-corrected chi connectivity index (χ1v) is 6.42. The predicted molar refractivity (Wildman–Crippen MR) is 80.4 cm³/mol. The van der Waals surface area contributed by atoms with E-state index < -0.39 is 10.8 Å². The molecule has 0 saturated carbocycles. The zero-order valence-corrected chi connectivity index (χ0v) is 11.6. The van der Waals surface area contributed by atoms with Crippen molar-refractivity contribution in [3.63, 3.8) is 0 Å². The Morgan fingerprint density at radius 3 is 2.48 bits per heavy atom. The molecule has 108 valence electrons. The van der Waals surface area contributed by atoms with Crippen LogP contribution < -0.4 is 11.1 Å². The number of anilines is 1. The molecule has 0 saturated heterocycles. The van der Waals surface area contributed by atoms with E-state index in [0.29, 0.717) is 22.8 Å². The molecule has 6 nitrogen and oxygen atoms in total. The van der Waals surface area contributed by atoms with E-state index in [-0.39, 0.29) is 5.69 Å². The summed E-state index contributed by atoms with van der Waals surface area (Å²) in [6.45, 7) is 0.417. The number of nitro groups is 1. The van der Waals surface area contributed by atoms with E-state index in [0.717, 1.165) is 5.56 Å². The highest BCUT2D eigenvalue weighted by Gasteiger charge is 2.07. The summed E-state index contributed by atoms with van der Waals surface area (Å²) in [6.07, 6.45) is 0. The maximum Gasteiger partial charge on any atom is 0.269 e. The number of rotatable bonds is 5. The minimum absolute atomic E-state index is 0.0347. The van der Waals surface area contributed by atoms with Crippen molar-refractivity contribution < 1.29 is 9.72 Å². The van der Waals surface area contributed by atoms with E-state index in [1.807, 2.05) is 0 Å². The Hall–Kier alpha value is -2.60. The molecule has 0 aliphatic rings. The molecule has 21 heavy (non-hydrogen) atoms. The first kappa shape index (κ1) is 14.8. The first-order valence-electron chi connectivity index (χ1n) is 6.04. The number of non-ortho nitro benzene ring substituents is 1. The van der Waals surface area contributed by atoms with Crippen molar-refractivity contribution in [1.82, 2.24) is 0 Å². The molecule has 2 rings (SSSR count). The van der Waals surface area contributed by atoms with Gasteiger partial charge in [-0.25, -0.2) is 0 Å². The van der Waals surface area contributed by atoms with E-state index in [1.165, 1.54) is 12.1 Å². The average molecular weight is 306 g/mol. The molecule has 0 fully saturated rings. The van der Waals surface area contributed by atoms with E-state index >= 15 is 0 Å². The summed E-state index contributed by atoms with van der Waals surface area (Å²) in [5.74, 6) is -0.537. The standard InChI is InChI=1S/C14H12ClN3O3/c15-12-6-3-10(14(16)19)7-13(12)17-8-9-1-4-11(5-2-9)18(20)21/h1-7,17H,8H2,(H2,16,19). The number of nitrogens with zero attached hydrogens (tertiary/aromatic N) is 1. The van der Waals surface area contributed by atoms with Gasteiger partial charge in [-0.2, -0.15) is 0 Å². The van der Waals surface area contributed by atoms with Gasteiger partial charge in [-0.1, -0.05) is 23.7 Å². The second-order valence-electron chi connectivity index (χ2n) is 4.34. The Morgan fingerprint density at radius 2 is 1.90 bits per heavy atom. The highest BCUT2D eigenvalue weighted by atomic mass is 35.5. The fourth-order valence-corrected chi connectivity index (χ4v) is 1.93. The highest BCUT2D eigenvalue weighted by Crippen LogP contribution is 2.23. The van der Waals surface area contributed by atoms with Gasteiger partial charge in [0, 0.05) is 24.2 Å². The van der Waals surface area contributed by atoms with Crippen LogP contribution in [0.2, 0.25) is 5.02 Å². The molecule has 2 aromatic rings. The number of nitro benzene ring substituents is 1. The lowest BCUT2D eigenvalue weighted by atomic mass is 10.1. The summed E-state index contributed by atoms with van der Waals surface area (Å²) in [6, 6.07) is 10.8. The van der Waals surface area contributed by atoms with Gasteiger partial charge in [0.1, 0.15) is 0 Å². The van der Waals surface area contributed by atoms with Crippen LogP contribution in [0.4, 0.5) is 11.4 Å². The van der Waals surface area contributed by atoms with Crippen LogP contribution in [0.1, 0.15) is 15.9 Å². The predicted octanol–water partition coefficient (Wildman–Crippen LogP) is 2.96. The fraction of sp³-hybridized carbons (Fsp3) is 0.0714. The number of hydrogen-bond acceptors (Lipinski definition) is 4. The SMILES string of the molecule is NC(=O)c1ccc(Cl)c(NCc2ccc([N+](=O)[O-])cc2)c1. The molecule has 0 unspecified atom stereocenters. The van der Waals surface area contributed by atoms with Crippen molar-refractivity contribution >= 4 is 28.9 Å². The van der Waals surface area contributed by atoms with Crippen LogP contribution in [0.3, 0.4) is 0 Å². The second-order valence-corrected chi connectivity index (χ2v) is 4.74. The molecule has 7 heteroatoms. The largest absolute Gasteiger partial charge is 0.380 e. The van der Waals surface area contributed by atoms with Crippen LogP contribution in [-0.2, 0) is 6.54 Å². The van der Waals surface area contributed by atoms with E-state index in [1.54, 1.807) is 30.3 Å². The van der Waals surface area contributed by atoms with Gasteiger partial charge in [-0.15, -0.1) is 0 Å². The van der Waals surface area contributed by atoms with Gasteiger partial charge in [0.15, 0.2) is 0 Å². The van der Waals surface area contributed by atoms with Crippen molar-refractivity contribution in [1.29, 1.82) is 0 Å². The summed E-state index contributed by atoms with van der Waals surface area (Å²) in [7, 11) is 0. The lowest BCUT2D eigenvalue weighted by Gasteiger charge is -2.09. The van der Waals surface area contributed by atoms with Crippen molar-refractivity contribution in [3.8, 4) is 0 Å². The monoisotopic (exact) mass is 305 g/mol. The lowest BCUT2D eigenvalue weighted by Crippen LogP contribution is -2.11. The zero-order valence-electron chi connectivity index (χ0n) is 10.9. The molecule has 0 spiro atoms. The molecule has 0 bridgehead atoms. The minimum atomic E-state index is -0.537. The molecular weight excluding hydrogens is 294 g/mol. The summed E-state index contributed by atoms with van der Waals surface area (Å²) >= 11 is 6.03. The van der Waals surface area contributed by atoms with Crippen molar-refractivity contribution in [2.24, 2.45) is 5.73 Å². The van der Waals surface area contributed by atoms with Crippen LogP contribution in [-0.4, -0.2) is 10.8 Å². The van der Waals surface area contributed by atoms with Gasteiger partial charge in [-0.3, -0.25) is 14.9 Å². The molecule has 3 N–H and O–H groups in total. The van der Waals surface area contributed by atoms with E-state index in [9.17, 15) is 14.9 Å². The maximum atomic E-state index is 11.1. The number of carbonyl (C=O) groups is 1. The molecule has 2 aromatic carbocycles. The summed E-state index contributed by atoms with van der Waals surface area (Å²) in [5, 5.41) is 14.1. The van der Waals surface area contributed by atoms with Crippen LogP contribution >= 0.6 is 11.6 Å². The summed E-state index contributed by atoms with van der Waals surface area (Å²) in [4.78, 5) is 21.2. The third-order valence-electron chi connectivity index (χ3n) is 2.88. The summed E-state index contributed by atoms with van der Waals surface area (Å²) < 4.78 is 0. The fourth-order valence-electron chi connectivity index (χ4n) is 1.75. The summed E-state index contributed by atoms with van der Waals surface area (Å²) in [5.41, 5.74) is 7.02. The van der Waals surface area contributed by atoms with Crippen molar-refractivity contribution in [2.75, 3.05) is 5.32 Å². The molecule has 0 aliphatic heterocycles. The molecular formula is C14H12ClN3O3. The Kier molecular flexibility index (Phi) is 4.39. The smallest absolute Gasteiger partial charge is 0.269 e. The molecule has 0 atom stereocenters. The molecule has 0 radical (unpaired) electrons. The van der Waals surface area contributed by atoms with Gasteiger partial charge in [0.2, 0.25) is 5.91 Å². The quantitative estimate of drug-likeness (QED) is 0.655.